The van der Waals surface area contributed by atoms with Crippen LogP contribution in [0.1, 0.15) is 6.92 Å². The van der Waals surface area contributed by atoms with Crippen LogP contribution in [0.4, 0.5) is 10.8 Å². The SMILES string of the molecule is CCOC(=O)/C(C#N)=C/Nc1ccc2nc(N3CCOCC3)sc2c1. The van der Waals surface area contributed by atoms with E-state index in [1.807, 2.05) is 24.3 Å². The lowest BCUT2D eigenvalue weighted by Crippen LogP contribution is -2.36. The molecule has 7 nitrogen and oxygen atoms in total. The van der Waals surface area contributed by atoms with Crippen LogP contribution >= 0.6 is 11.3 Å². The molecular weight excluding hydrogens is 340 g/mol. The molecule has 0 amide bonds. The van der Waals surface area contributed by atoms with Crippen molar-refractivity contribution in [2.45, 2.75) is 6.92 Å². The van der Waals surface area contributed by atoms with E-state index in [4.69, 9.17) is 14.7 Å². The Bertz CT molecular complexity index is 834. The third kappa shape index (κ3) is 4.07. The third-order valence-electron chi connectivity index (χ3n) is 3.66. The molecule has 25 heavy (non-hydrogen) atoms. The summed E-state index contributed by atoms with van der Waals surface area (Å²) in [6.07, 6.45) is 1.36. The van der Waals surface area contributed by atoms with Gasteiger partial charge in [0.1, 0.15) is 6.07 Å². The predicted octanol–water partition coefficient (Wildman–Crippen LogP) is 2.52. The second kappa shape index (κ2) is 7.96. The van der Waals surface area contributed by atoms with Gasteiger partial charge in [-0.1, -0.05) is 11.3 Å². The van der Waals surface area contributed by atoms with Crippen molar-refractivity contribution in [2.75, 3.05) is 43.1 Å². The zero-order chi connectivity index (χ0) is 17.6. The van der Waals surface area contributed by atoms with E-state index in [1.54, 1.807) is 18.3 Å². The maximum Gasteiger partial charge on any atom is 0.350 e. The minimum atomic E-state index is -0.633. The molecule has 0 atom stereocenters. The Morgan fingerprint density at radius 1 is 1.52 bits per heavy atom. The van der Waals surface area contributed by atoms with Gasteiger partial charge in [-0.05, 0) is 25.1 Å². The Labute approximate surface area is 149 Å². The van der Waals surface area contributed by atoms with Gasteiger partial charge in [-0.15, -0.1) is 0 Å². The molecule has 1 N–H and O–H groups in total. The van der Waals surface area contributed by atoms with Gasteiger partial charge in [0.25, 0.3) is 0 Å². The molecule has 2 aromatic rings. The fourth-order valence-electron chi connectivity index (χ4n) is 2.39. The number of ether oxygens (including phenoxy) is 2. The molecule has 0 radical (unpaired) electrons. The summed E-state index contributed by atoms with van der Waals surface area (Å²) in [6, 6.07) is 7.57. The number of rotatable bonds is 5. The van der Waals surface area contributed by atoms with Gasteiger partial charge in [-0.25, -0.2) is 9.78 Å². The predicted molar refractivity (Wildman–Crippen MR) is 96.6 cm³/mol. The molecule has 1 saturated heterocycles. The molecule has 2 heterocycles. The fourth-order valence-corrected chi connectivity index (χ4v) is 3.45. The van der Waals surface area contributed by atoms with Gasteiger partial charge in [0.05, 0.1) is 30.0 Å². The third-order valence-corrected chi connectivity index (χ3v) is 4.74. The van der Waals surface area contributed by atoms with Crippen LogP contribution in [0.3, 0.4) is 0 Å². The fraction of sp³-hybridized carbons (Fsp3) is 0.353. The smallest absolute Gasteiger partial charge is 0.350 e. The largest absolute Gasteiger partial charge is 0.462 e. The number of hydrogen-bond donors (Lipinski definition) is 1. The van der Waals surface area contributed by atoms with E-state index in [0.29, 0.717) is 0 Å². The van der Waals surface area contributed by atoms with E-state index in [2.05, 4.69) is 15.2 Å². The first-order valence-corrected chi connectivity index (χ1v) is 8.80. The van der Waals surface area contributed by atoms with E-state index in [1.165, 1.54) is 6.20 Å². The number of thiazole rings is 1. The summed E-state index contributed by atoms with van der Waals surface area (Å²) < 4.78 is 11.2. The van der Waals surface area contributed by atoms with Gasteiger partial charge in [0.15, 0.2) is 10.7 Å². The highest BCUT2D eigenvalue weighted by atomic mass is 32.1. The lowest BCUT2D eigenvalue weighted by atomic mass is 10.3. The number of carbonyl (C=O) groups is 1. The Morgan fingerprint density at radius 3 is 3.04 bits per heavy atom. The Kier molecular flexibility index (Phi) is 5.48. The molecule has 1 aromatic carbocycles. The maximum atomic E-state index is 11.6. The number of anilines is 2. The van der Waals surface area contributed by atoms with Gasteiger partial charge >= 0.3 is 5.97 Å². The number of hydrogen-bond acceptors (Lipinski definition) is 8. The van der Waals surface area contributed by atoms with Crippen molar-refractivity contribution in [1.29, 1.82) is 5.26 Å². The first-order valence-electron chi connectivity index (χ1n) is 7.98. The first kappa shape index (κ1) is 17.2. The number of aromatic nitrogens is 1. The summed E-state index contributed by atoms with van der Waals surface area (Å²) >= 11 is 1.61. The van der Waals surface area contributed by atoms with Crippen molar-refractivity contribution < 1.29 is 14.3 Å². The van der Waals surface area contributed by atoms with Crippen LogP contribution in [-0.2, 0) is 14.3 Å². The van der Waals surface area contributed by atoms with Crippen LogP contribution in [-0.4, -0.2) is 43.9 Å². The second-order valence-corrected chi connectivity index (χ2v) is 6.32. The van der Waals surface area contributed by atoms with Crippen LogP contribution in [0, 0.1) is 11.3 Å². The summed E-state index contributed by atoms with van der Waals surface area (Å²) in [6.45, 7) is 5.06. The van der Waals surface area contributed by atoms with Gasteiger partial charge in [-0.2, -0.15) is 5.26 Å². The van der Waals surface area contributed by atoms with E-state index in [-0.39, 0.29) is 12.2 Å². The minimum absolute atomic E-state index is 0.0692. The molecule has 130 valence electrons. The summed E-state index contributed by atoms with van der Waals surface area (Å²) in [5.41, 5.74) is 1.63. The molecule has 8 heteroatoms. The summed E-state index contributed by atoms with van der Waals surface area (Å²) in [7, 11) is 0. The number of esters is 1. The maximum absolute atomic E-state index is 11.6. The molecular formula is C17H18N4O3S. The quantitative estimate of drug-likeness (QED) is 0.499. The highest BCUT2D eigenvalue weighted by molar-refractivity contribution is 7.22. The van der Waals surface area contributed by atoms with Crippen molar-refractivity contribution >= 4 is 38.3 Å². The van der Waals surface area contributed by atoms with Gasteiger partial charge in [0.2, 0.25) is 0 Å². The number of fused-ring (bicyclic) bond motifs is 1. The monoisotopic (exact) mass is 358 g/mol. The molecule has 3 rings (SSSR count). The summed E-state index contributed by atoms with van der Waals surface area (Å²) in [5, 5.41) is 13.0. The number of benzene rings is 1. The average Bonchev–Trinajstić information content (AvgIpc) is 3.06. The molecule has 0 spiro atoms. The van der Waals surface area contributed by atoms with Crippen molar-refractivity contribution in [3.63, 3.8) is 0 Å². The molecule has 0 saturated carbocycles. The molecule has 1 aliphatic heterocycles. The van der Waals surface area contributed by atoms with Crippen LogP contribution in [0.5, 0.6) is 0 Å². The van der Waals surface area contributed by atoms with Crippen LogP contribution < -0.4 is 10.2 Å². The van der Waals surface area contributed by atoms with E-state index >= 15 is 0 Å². The molecule has 0 bridgehead atoms. The first-order chi connectivity index (χ1) is 12.2. The second-order valence-electron chi connectivity index (χ2n) is 5.31. The number of nitriles is 1. The lowest BCUT2D eigenvalue weighted by Gasteiger charge is -2.25. The van der Waals surface area contributed by atoms with Crippen molar-refractivity contribution in [3.8, 4) is 6.07 Å². The molecule has 1 aromatic heterocycles. The summed E-state index contributed by atoms with van der Waals surface area (Å²) in [5.74, 6) is -0.633. The number of nitrogens with one attached hydrogen (secondary N) is 1. The average molecular weight is 358 g/mol. The Morgan fingerprint density at radius 2 is 2.32 bits per heavy atom. The van der Waals surface area contributed by atoms with Gasteiger partial charge < -0.3 is 19.7 Å². The number of carbonyl (C=O) groups excluding carboxylic acids is 1. The van der Waals surface area contributed by atoms with Gasteiger partial charge in [-0.3, -0.25) is 0 Å². The summed E-state index contributed by atoms with van der Waals surface area (Å²) in [4.78, 5) is 18.5. The van der Waals surface area contributed by atoms with Crippen LogP contribution in [0.25, 0.3) is 10.2 Å². The molecule has 1 fully saturated rings. The lowest BCUT2D eigenvalue weighted by molar-refractivity contribution is -0.138. The van der Waals surface area contributed by atoms with Gasteiger partial charge in [0, 0.05) is 25.0 Å². The molecule has 1 aliphatic rings. The highest BCUT2D eigenvalue weighted by Gasteiger charge is 2.15. The van der Waals surface area contributed by atoms with Crippen LogP contribution in [0.2, 0.25) is 0 Å². The van der Waals surface area contributed by atoms with Crippen molar-refractivity contribution in [3.05, 3.63) is 30.0 Å². The molecule has 0 aliphatic carbocycles. The standard InChI is InChI=1S/C17H18N4O3S/c1-2-24-16(22)12(10-18)11-19-13-3-4-14-15(9-13)25-17(20-14)21-5-7-23-8-6-21/h3-4,9,11,19H,2,5-8H2,1H3/b12-11+. The van der Waals surface area contributed by atoms with Crippen molar-refractivity contribution in [1.82, 2.24) is 4.98 Å². The minimum Gasteiger partial charge on any atom is -0.462 e. The van der Waals surface area contributed by atoms with Crippen molar-refractivity contribution in [2.24, 2.45) is 0 Å². The zero-order valence-corrected chi connectivity index (χ0v) is 14.6. The van der Waals surface area contributed by atoms with E-state index in [0.717, 1.165) is 47.3 Å². The van der Waals surface area contributed by atoms with Crippen LogP contribution in [0.15, 0.2) is 30.0 Å². The Balaban J connectivity index is 1.76. The highest BCUT2D eigenvalue weighted by Crippen LogP contribution is 2.31. The number of morpholine rings is 1. The number of nitrogens with zero attached hydrogens (tertiary/aromatic N) is 3. The normalized spacial score (nSPS) is 15.0. The zero-order valence-electron chi connectivity index (χ0n) is 13.8. The topological polar surface area (TPSA) is 87.5 Å². The Hall–Kier alpha value is -2.63. The van der Waals surface area contributed by atoms with E-state index < -0.39 is 5.97 Å². The van der Waals surface area contributed by atoms with E-state index in [9.17, 15) is 4.79 Å². The molecule has 0 unspecified atom stereocenters.